The number of sulfonamides is 1. The van der Waals surface area contributed by atoms with Gasteiger partial charge < -0.3 is 5.11 Å². The highest BCUT2D eigenvalue weighted by atomic mass is 35.5. The molecular weight excluding hydrogens is 334 g/mol. The molecule has 0 unspecified atom stereocenters. The number of carbonyl (C=O) groups is 1. The van der Waals surface area contributed by atoms with E-state index >= 15 is 0 Å². The van der Waals surface area contributed by atoms with Crippen LogP contribution in [-0.4, -0.2) is 30.8 Å². The number of thiophene rings is 1. The van der Waals surface area contributed by atoms with Crippen LogP contribution in [-0.2, 0) is 16.6 Å². The summed E-state index contributed by atoms with van der Waals surface area (Å²) >= 11 is 7.20. The molecular formula is C13H12ClNO4S2. The third-order valence-electron chi connectivity index (χ3n) is 2.84. The Morgan fingerprint density at radius 1 is 1.38 bits per heavy atom. The maximum atomic E-state index is 12.4. The van der Waals surface area contributed by atoms with Gasteiger partial charge in [0.15, 0.2) is 0 Å². The van der Waals surface area contributed by atoms with Gasteiger partial charge >= 0.3 is 5.97 Å². The third-order valence-corrected chi connectivity index (χ3v) is 5.83. The second kappa shape index (κ2) is 6.15. The number of halogens is 1. The summed E-state index contributed by atoms with van der Waals surface area (Å²) in [4.78, 5) is 11.8. The number of carboxylic acids is 1. The van der Waals surface area contributed by atoms with Gasteiger partial charge in [0.25, 0.3) is 0 Å². The van der Waals surface area contributed by atoms with E-state index in [0.29, 0.717) is 0 Å². The third kappa shape index (κ3) is 3.44. The number of rotatable bonds is 5. The standard InChI is InChI=1S/C13H12ClNO4S2/c1-15(8-9-3-2-6-20-9)21(18,19)10-4-5-12(14)11(7-10)13(16)17/h2-7H,8H2,1H3,(H,16,17). The molecule has 5 nitrogen and oxygen atoms in total. The van der Waals surface area contributed by atoms with E-state index in [2.05, 4.69) is 0 Å². The van der Waals surface area contributed by atoms with Crippen molar-refractivity contribution in [2.24, 2.45) is 0 Å². The Labute approximate surface area is 131 Å². The van der Waals surface area contributed by atoms with E-state index in [1.54, 1.807) is 0 Å². The normalized spacial score (nSPS) is 11.8. The number of carboxylic acid groups (broad SMARTS) is 1. The van der Waals surface area contributed by atoms with Crippen molar-refractivity contribution in [3.8, 4) is 0 Å². The zero-order valence-electron chi connectivity index (χ0n) is 11.0. The first-order valence-electron chi connectivity index (χ1n) is 5.84. The van der Waals surface area contributed by atoms with Crippen LogP contribution in [0.3, 0.4) is 0 Å². The monoisotopic (exact) mass is 345 g/mol. The fourth-order valence-electron chi connectivity index (χ4n) is 1.72. The second-order valence-electron chi connectivity index (χ2n) is 4.29. The SMILES string of the molecule is CN(Cc1cccs1)S(=O)(=O)c1ccc(Cl)c(C(=O)O)c1. The Bertz CT molecular complexity index is 756. The quantitative estimate of drug-likeness (QED) is 0.904. The zero-order valence-corrected chi connectivity index (χ0v) is 13.4. The Morgan fingerprint density at radius 2 is 2.10 bits per heavy atom. The zero-order chi connectivity index (χ0) is 15.6. The van der Waals surface area contributed by atoms with Crippen LogP contribution in [0.1, 0.15) is 15.2 Å². The van der Waals surface area contributed by atoms with Gasteiger partial charge in [0.1, 0.15) is 0 Å². The topological polar surface area (TPSA) is 74.7 Å². The summed E-state index contributed by atoms with van der Waals surface area (Å²) in [6.07, 6.45) is 0. The van der Waals surface area contributed by atoms with E-state index in [1.807, 2.05) is 17.5 Å². The van der Waals surface area contributed by atoms with Gasteiger partial charge in [0.05, 0.1) is 15.5 Å². The van der Waals surface area contributed by atoms with Crippen molar-refractivity contribution >= 4 is 38.9 Å². The molecule has 0 radical (unpaired) electrons. The number of benzene rings is 1. The molecule has 1 aromatic carbocycles. The summed E-state index contributed by atoms with van der Waals surface area (Å²) in [5, 5.41) is 10.9. The summed E-state index contributed by atoms with van der Waals surface area (Å²) in [6.45, 7) is 0.227. The average molecular weight is 346 g/mol. The van der Waals surface area contributed by atoms with E-state index in [4.69, 9.17) is 16.7 Å². The number of aromatic carboxylic acids is 1. The molecule has 0 saturated heterocycles. The molecule has 1 N–H and O–H groups in total. The van der Waals surface area contributed by atoms with E-state index in [-0.39, 0.29) is 22.0 Å². The Balaban J connectivity index is 2.35. The second-order valence-corrected chi connectivity index (χ2v) is 7.77. The fraction of sp³-hybridized carbons (Fsp3) is 0.154. The van der Waals surface area contributed by atoms with Gasteiger partial charge in [-0.1, -0.05) is 17.7 Å². The summed E-state index contributed by atoms with van der Waals surface area (Å²) in [6, 6.07) is 7.32. The number of hydrogen-bond donors (Lipinski definition) is 1. The lowest BCUT2D eigenvalue weighted by molar-refractivity contribution is 0.0697. The minimum atomic E-state index is -3.77. The van der Waals surface area contributed by atoms with E-state index in [1.165, 1.54) is 34.8 Å². The largest absolute Gasteiger partial charge is 0.478 e. The summed E-state index contributed by atoms with van der Waals surface area (Å²) in [5.41, 5.74) is -0.234. The first kappa shape index (κ1) is 16.0. The molecule has 2 aromatic rings. The van der Waals surface area contributed by atoms with Crippen LogP contribution in [0.15, 0.2) is 40.6 Å². The molecule has 0 atom stereocenters. The van der Waals surface area contributed by atoms with Crippen LogP contribution in [0.5, 0.6) is 0 Å². The van der Waals surface area contributed by atoms with Crippen molar-refractivity contribution in [1.29, 1.82) is 0 Å². The Hall–Kier alpha value is -1.41. The van der Waals surface area contributed by atoms with E-state index in [0.717, 1.165) is 10.9 Å². The Morgan fingerprint density at radius 3 is 2.67 bits per heavy atom. The molecule has 0 amide bonds. The molecule has 0 fully saturated rings. The van der Waals surface area contributed by atoms with Gasteiger partial charge in [-0.25, -0.2) is 13.2 Å². The number of nitrogens with zero attached hydrogens (tertiary/aromatic N) is 1. The van der Waals surface area contributed by atoms with Crippen LogP contribution in [0.4, 0.5) is 0 Å². The molecule has 8 heteroatoms. The first-order chi connectivity index (χ1) is 9.82. The van der Waals surface area contributed by atoms with Crippen molar-refractivity contribution in [2.45, 2.75) is 11.4 Å². The van der Waals surface area contributed by atoms with Gasteiger partial charge in [-0.3, -0.25) is 0 Å². The van der Waals surface area contributed by atoms with Crippen molar-refractivity contribution in [3.63, 3.8) is 0 Å². The highest BCUT2D eigenvalue weighted by Crippen LogP contribution is 2.24. The molecule has 0 aliphatic rings. The maximum absolute atomic E-state index is 12.4. The predicted octanol–water partition coefficient (Wildman–Crippen LogP) is 2.92. The molecule has 0 aliphatic heterocycles. The molecule has 21 heavy (non-hydrogen) atoms. The molecule has 112 valence electrons. The lowest BCUT2D eigenvalue weighted by atomic mass is 10.2. The molecule has 0 bridgehead atoms. The van der Waals surface area contributed by atoms with Crippen molar-refractivity contribution in [1.82, 2.24) is 4.31 Å². The highest BCUT2D eigenvalue weighted by Gasteiger charge is 2.23. The molecule has 0 saturated carbocycles. The fourth-order valence-corrected chi connectivity index (χ4v) is 3.93. The van der Waals surface area contributed by atoms with E-state index in [9.17, 15) is 13.2 Å². The summed E-state index contributed by atoms with van der Waals surface area (Å²) in [7, 11) is -2.32. The van der Waals surface area contributed by atoms with E-state index < -0.39 is 16.0 Å². The van der Waals surface area contributed by atoms with Crippen molar-refractivity contribution in [2.75, 3.05) is 7.05 Å². The van der Waals surface area contributed by atoms with Gasteiger partial charge in [0.2, 0.25) is 10.0 Å². The molecule has 0 spiro atoms. The smallest absolute Gasteiger partial charge is 0.337 e. The van der Waals surface area contributed by atoms with Crippen LogP contribution >= 0.6 is 22.9 Å². The molecule has 2 rings (SSSR count). The molecule has 1 aromatic heterocycles. The van der Waals surface area contributed by atoms with Crippen molar-refractivity contribution < 1.29 is 18.3 Å². The predicted molar refractivity (Wildman–Crippen MR) is 81.4 cm³/mol. The maximum Gasteiger partial charge on any atom is 0.337 e. The summed E-state index contributed by atoms with van der Waals surface area (Å²) in [5.74, 6) is -1.27. The van der Waals surface area contributed by atoms with Gasteiger partial charge in [0, 0.05) is 18.5 Å². The summed E-state index contributed by atoms with van der Waals surface area (Å²) < 4.78 is 26.1. The van der Waals surface area contributed by atoms with Gasteiger partial charge in [-0.15, -0.1) is 11.3 Å². The van der Waals surface area contributed by atoms with Crippen molar-refractivity contribution in [3.05, 3.63) is 51.2 Å². The van der Waals surface area contributed by atoms with Gasteiger partial charge in [-0.2, -0.15) is 4.31 Å². The lowest BCUT2D eigenvalue weighted by Gasteiger charge is -2.16. The van der Waals surface area contributed by atoms with Crippen LogP contribution in [0.2, 0.25) is 5.02 Å². The highest BCUT2D eigenvalue weighted by molar-refractivity contribution is 7.89. The molecule has 0 aliphatic carbocycles. The van der Waals surface area contributed by atoms with Crippen LogP contribution in [0, 0.1) is 0 Å². The van der Waals surface area contributed by atoms with Gasteiger partial charge in [-0.05, 0) is 29.6 Å². The molecule has 1 heterocycles. The Kier molecular flexibility index (Phi) is 4.67. The lowest BCUT2D eigenvalue weighted by Crippen LogP contribution is -2.26. The average Bonchev–Trinajstić information content (AvgIpc) is 2.91. The first-order valence-corrected chi connectivity index (χ1v) is 8.53. The minimum Gasteiger partial charge on any atom is -0.478 e. The van der Waals surface area contributed by atoms with Crippen LogP contribution in [0.25, 0.3) is 0 Å². The number of hydrogen-bond acceptors (Lipinski definition) is 4. The van der Waals surface area contributed by atoms with Crippen LogP contribution < -0.4 is 0 Å². The minimum absolute atomic E-state index is 0.00219.